The molecule has 356 valence electrons. The minimum absolute atomic E-state index is 0.0349. The van der Waals surface area contributed by atoms with E-state index in [1.165, 1.54) is 11.1 Å². The lowest BCUT2D eigenvalue weighted by molar-refractivity contribution is -0.161. The normalized spacial score (nSPS) is 28.0. The molecule has 12 nitrogen and oxygen atoms in total. The second kappa shape index (κ2) is 19.6. The number of aliphatic hydroxyl groups excluding tert-OH is 1. The molecule has 6 atom stereocenters. The lowest BCUT2D eigenvalue weighted by Crippen LogP contribution is -2.32. The van der Waals surface area contributed by atoms with E-state index in [4.69, 9.17) is 40.0 Å². The lowest BCUT2D eigenvalue weighted by atomic mass is 9.86. The number of fused-ring (bicyclic) bond motifs is 2. The highest BCUT2D eigenvalue weighted by Gasteiger charge is 2.61. The van der Waals surface area contributed by atoms with Gasteiger partial charge >= 0.3 is 11.6 Å². The number of carbonyl (C=O) groups is 4. The van der Waals surface area contributed by atoms with E-state index in [1.54, 1.807) is 13.8 Å². The first-order chi connectivity index (χ1) is 30.6. The summed E-state index contributed by atoms with van der Waals surface area (Å²) in [7, 11) is 0. The summed E-state index contributed by atoms with van der Waals surface area (Å²) in [5.41, 5.74) is 8.18. The quantitative estimate of drug-likeness (QED) is 0.188. The average Bonchev–Trinajstić information content (AvgIpc) is 4.05. The molecule has 0 aromatic heterocycles. The third-order valence-corrected chi connectivity index (χ3v) is 13.7. The molecule has 1 N–H and O–H groups in total. The zero-order valence-corrected chi connectivity index (χ0v) is 41.2. The molecule has 2 aromatic carbocycles. The summed E-state index contributed by atoms with van der Waals surface area (Å²) < 4.78 is 39.1. The molecule has 4 aliphatic carbocycles. The van der Waals surface area contributed by atoms with Gasteiger partial charge in [0.1, 0.15) is 11.5 Å². The first-order valence-electron chi connectivity index (χ1n) is 23.5. The molecule has 0 amide bonds. The fraction of sp³-hybridized carbons (Fsp3) is 0.615. The highest BCUT2D eigenvalue weighted by Crippen LogP contribution is 2.58. The molecular weight excluding hydrogens is 852 g/mol. The summed E-state index contributed by atoms with van der Waals surface area (Å²) in [5, 5.41) is 11.1. The van der Waals surface area contributed by atoms with E-state index in [1.807, 2.05) is 27.7 Å². The number of ketones is 2. The highest BCUT2D eigenvalue weighted by atomic mass is 35.5. The van der Waals surface area contributed by atoms with Crippen molar-refractivity contribution in [3.63, 3.8) is 0 Å². The topological polar surface area (TPSA) is 153 Å². The number of allylic oxidation sites excluding steroid dienone is 4. The molecule has 13 heteroatoms. The molecule has 6 unspecified atom stereocenters. The summed E-state index contributed by atoms with van der Waals surface area (Å²) in [4.78, 5) is 49.3. The van der Waals surface area contributed by atoms with Crippen molar-refractivity contribution in [3.05, 3.63) is 80.3 Å². The summed E-state index contributed by atoms with van der Waals surface area (Å²) in [6, 6.07) is 8.55. The monoisotopic (exact) mass is 920 g/mol. The predicted molar refractivity (Wildman–Crippen MR) is 247 cm³/mol. The third kappa shape index (κ3) is 10.3. The van der Waals surface area contributed by atoms with Crippen molar-refractivity contribution in [3.8, 4) is 0 Å². The zero-order valence-electron chi connectivity index (χ0n) is 40.4. The molecule has 65 heavy (non-hydrogen) atoms. The molecule has 2 aliphatic heterocycles. The van der Waals surface area contributed by atoms with Crippen LogP contribution in [0.4, 0.5) is 9.59 Å². The van der Waals surface area contributed by atoms with Crippen LogP contribution in [-0.2, 0) is 68.4 Å². The summed E-state index contributed by atoms with van der Waals surface area (Å²) >= 11 is 4.72. The van der Waals surface area contributed by atoms with Crippen LogP contribution in [0.1, 0.15) is 139 Å². The Hall–Kier alpha value is -4.07. The molecule has 4 fully saturated rings. The van der Waals surface area contributed by atoms with E-state index in [9.17, 15) is 24.3 Å². The van der Waals surface area contributed by atoms with Crippen LogP contribution in [0.3, 0.4) is 0 Å². The largest absolute Gasteiger partial charge is 0.513 e. The Labute approximate surface area is 389 Å². The molecular formula is C52H69ClO12. The summed E-state index contributed by atoms with van der Waals surface area (Å²) in [5.74, 6) is -1.35. The van der Waals surface area contributed by atoms with E-state index in [2.05, 4.69) is 70.5 Å². The first-order valence-corrected chi connectivity index (χ1v) is 23.8. The smallest absolute Gasteiger partial charge is 0.511 e. The Morgan fingerprint density at radius 3 is 1.37 bits per heavy atom. The van der Waals surface area contributed by atoms with Crippen LogP contribution in [0.5, 0.6) is 0 Å². The van der Waals surface area contributed by atoms with Crippen molar-refractivity contribution in [2.24, 2.45) is 23.7 Å². The summed E-state index contributed by atoms with van der Waals surface area (Å²) in [6.45, 7) is 25.1. The SMILES string of the molecule is CCOC(=O)Cl.CCOC(=O)OC1=C(c2c(CC)cc(C)cc2CC)C(=O)C2CC3(COC(C)(C)O3)CC12.CCc1cc(C)cc(CC)c1C1=C(O)C2CC3(COC(C)(C)O3)CC2C1=O. The molecule has 2 saturated carbocycles. The second-order valence-corrected chi connectivity index (χ2v) is 19.5. The van der Waals surface area contributed by atoms with Crippen molar-refractivity contribution in [1.29, 1.82) is 0 Å². The number of aryl methyl sites for hydroxylation is 6. The number of aliphatic hydroxyl groups is 1. The Morgan fingerprint density at radius 1 is 0.631 bits per heavy atom. The van der Waals surface area contributed by atoms with Gasteiger partial charge < -0.3 is 38.3 Å². The number of halogens is 1. The van der Waals surface area contributed by atoms with Gasteiger partial charge in [-0.05, 0) is 140 Å². The number of hydrogen-bond acceptors (Lipinski definition) is 12. The molecule has 2 spiro atoms. The second-order valence-electron chi connectivity index (χ2n) is 19.2. The maximum atomic E-state index is 13.9. The molecule has 6 aliphatic rings. The summed E-state index contributed by atoms with van der Waals surface area (Å²) in [6.07, 6.45) is 4.93. The van der Waals surface area contributed by atoms with Crippen molar-refractivity contribution in [2.45, 2.75) is 157 Å². The van der Waals surface area contributed by atoms with Gasteiger partial charge in [-0.25, -0.2) is 9.59 Å². The van der Waals surface area contributed by atoms with E-state index in [0.717, 1.165) is 59.1 Å². The van der Waals surface area contributed by atoms with E-state index < -0.39 is 34.4 Å². The van der Waals surface area contributed by atoms with Crippen LogP contribution in [0.25, 0.3) is 11.1 Å². The van der Waals surface area contributed by atoms with Gasteiger partial charge in [0.05, 0.1) is 48.8 Å². The standard InChI is InChI=1S/C26H34O6.C23H30O4.C3H5ClO2/c1-7-16-10-15(4)11-17(8-2)20(16)21-22(27)18-12-26(14-30-25(5,6)32-26)13-19(18)23(21)31-24(28)29-9-3;1-6-14-8-13(3)9-15(7-2)18(14)19-20(24)16-10-23(11-17(16)21(19)25)12-26-22(4,5)27-23;1-2-6-3(4)5/h10-11,18-19H,7-9,12-14H2,1-6H3;8-9,16-17,24H,6-7,10-12H2,1-5H3;2H2,1H3. The van der Waals surface area contributed by atoms with Gasteiger partial charge in [-0.15, -0.1) is 0 Å². The third-order valence-electron chi connectivity index (χ3n) is 13.6. The van der Waals surface area contributed by atoms with Crippen molar-refractivity contribution in [2.75, 3.05) is 26.4 Å². The van der Waals surface area contributed by atoms with Gasteiger partial charge in [-0.2, -0.15) is 0 Å². The number of carbonyl (C=O) groups excluding carboxylic acids is 4. The van der Waals surface area contributed by atoms with Crippen molar-refractivity contribution < 1.29 is 57.4 Å². The molecule has 2 saturated heterocycles. The van der Waals surface area contributed by atoms with Gasteiger partial charge in [0, 0.05) is 35.3 Å². The van der Waals surface area contributed by atoms with Gasteiger partial charge in [-0.3, -0.25) is 9.59 Å². The first kappa shape index (κ1) is 50.3. The molecule has 8 rings (SSSR count). The van der Waals surface area contributed by atoms with Crippen LogP contribution in [0.15, 0.2) is 35.8 Å². The minimum Gasteiger partial charge on any atom is -0.511 e. The van der Waals surface area contributed by atoms with Gasteiger partial charge in [0.2, 0.25) is 0 Å². The maximum Gasteiger partial charge on any atom is 0.513 e. The Kier molecular flexibility index (Phi) is 15.2. The zero-order chi connectivity index (χ0) is 47.8. The maximum absolute atomic E-state index is 13.9. The van der Waals surface area contributed by atoms with Crippen molar-refractivity contribution >= 4 is 45.9 Å². The fourth-order valence-electron chi connectivity index (χ4n) is 11.2. The lowest BCUT2D eigenvalue weighted by Gasteiger charge is -2.26. The number of rotatable bonds is 9. The van der Waals surface area contributed by atoms with Gasteiger partial charge in [0.25, 0.3) is 0 Å². The van der Waals surface area contributed by atoms with Gasteiger partial charge in [0.15, 0.2) is 23.1 Å². The van der Waals surface area contributed by atoms with Crippen molar-refractivity contribution in [1.82, 2.24) is 0 Å². The number of ether oxygens (including phenoxy) is 7. The fourth-order valence-corrected chi connectivity index (χ4v) is 11.3. The Bertz CT molecular complexity index is 2200. The van der Waals surface area contributed by atoms with Crippen LogP contribution in [0, 0.1) is 37.5 Å². The molecule has 0 bridgehead atoms. The van der Waals surface area contributed by atoms with Gasteiger partial charge in [-0.1, -0.05) is 63.1 Å². The number of benzene rings is 2. The highest BCUT2D eigenvalue weighted by molar-refractivity contribution is 6.61. The van der Waals surface area contributed by atoms with Crippen LogP contribution in [-0.4, -0.2) is 77.5 Å². The predicted octanol–water partition coefficient (Wildman–Crippen LogP) is 11.0. The number of hydrogen-bond donors (Lipinski definition) is 1. The molecule has 2 heterocycles. The Morgan fingerprint density at radius 2 is 1.02 bits per heavy atom. The average molecular weight is 922 g/mol. The number of Topliss-reactive ketones (excluding diaryl/α,β-unsaturated/α-hetero) is 2. The van der Waals surface area contributed by atoms with E-state index in [0.29, 0.717) is 62.4 Å². The van der Waals surface area contributed by atoms with E-state index >= 15 is 0 Å². The van der Waals surface area contributed by atoms with Crippen LogP contribution >= 0.6 is 11.6 Å². The minimum atomic E-state index is -0.762. The van der Waals surface area contributed by atoms with Crippen LogP contribution < -0.4 is 0 Å². The molecule has 0 radical (unpaired) electrons. The Balaban J connectivity index is 0.000000193. The van der Waals surface area contributed by atoms with Crippen LogP contribution in [0.2, 0.25) is 0 Å². The van der Waals surface area contributed by atoms with E-state index in [-0.39, 0.29) is 47.6 Å². The molecule has 2 aromatic rings.